The second-order valence-electron chi connectivity index (χ2n) is 6.55. The van der Waals surface area contributed by atoms with Crippen LogP contribution in [0.25, 0.3) is 5.57 Å². The van der Waals surface area contributed by atoms with E-state index >= 15 is 0 Å². The lowest BCUT2D eigenvalue weighted by atomic mass is 9.98. The van der Waals surface area contributed by atoms with Gasteiger partial charge in [0.15, 0.2) is 6.61 Å². The molecule has 3 rings (SSSR count). The van der Waals surface area contributed by atoms with Crippen LogP contribution in [0.1, 0.15) is 16.7 Å². The Morgan fingerprint density at radius 2 is 1.53 bits per heavy atom. The molecule has 0 atom stereocenters. The van der Waals surface area contributed by atoms with E-state index in [0.717, 1.165) is 32.9 Å². The van der Waals surface area contributed by atoms with Crippen molar-refractivity contribution in [1.82, 2.24) is 0 Å². The van der Waals surface area contributed by atoms with Crippen LogP contribution >= 0.6 is 35.0 Å². The molecular weight excluding hydrogens is 439 g/mol. The summed E-state index contributed by atoms with van der Waals surface area (Å²) in [5.41, 5.74) is 4.17. The van der Waals surface area contributed by atoms with E-state index in [2.05, 4.69) is 6.08 Å². The Kier molecular flexibility index (Phi) is 7.86. The van der Waals surface area contributed by atoms with Crippen LogP contribution < -0.4 is 4.74 Å². The predicted octanol–water partition coefficient (Wildman–Crippen LogP) is 6.99. The molecule has 0 aliphatic rings. The average molecular weight is 459 g/mol. The van der Waals surface area contributed by atoms with Gasteiger partial charge >= 0.3 is 5.97 Å². The van der Waals surface area contributed by atoms with Gasteiger partial charge in [0.25, 0.3) is 0 Å². The molecule has 0 amide bonds. The van der Waals surface area contributed by atoms with Gasteiger partial charge in [-0.3, -0.25) is 0 Å². The fraction of sp³-hybridized carbons (Fsp3) is 0.125. The molecular formula is C24H20Cl2O3S. The van der Waals surface area contributed by atoms with Gasteiger partial charge in [-0.15, -0.1) is 11.8 Å². The minimum atomic E-state index is -0.991. The predicted molar refractivity (Wildman–Crippen MR) is 125 cm³/mol. The number of carboxylic acid groups (broad SMARTS) is 1. The summed E-state index contributed by atoms with van der Waals surface area (Å²) in [7, 11) is 0. The molecule has 0 bridgehead atoms. The highest BCUT2D eigenvalue weighted by Crippen LogP contribution is 2.29. The zero-order valence-electron chi connectivity index (χ0n) is 16.3. The normalized spacial score (nSPS) is 10.5. The Hall–Kier alpha value is -2.40. The van der Waals surface area contributed by atoms with E-state index in [0.29, 0.717) is 15.8 Å². The van der Waals surface area contributed by atoms with Gasteiger partial charge in [-0.25, -0.2) is 4.79 Å². The molecule has 3 aromatic carbocycles. The minimum Gasteiger partial charge on any atom is -0.482 e. The molecule has 3 aromatic rings. The number of benzene rings is 3. The Balaban J connectivity index is 1.77. The van der Waals surface area contributed by atoms with Crippen molar-refractivity contribution in [3.05, 3.63) is 99.5 Å². The summed E-state index contributed by atoms with van der Waals surface area (Å²) >= 11 is 13.8. The monoisotopic (exact) mass is 458 g/mol. The third-order valence-electron chi connectivity index (χ3n) is 4.35. The van der Waals surface area contributed by atoms with E-state index in [9.17, 15) is 4.79 Å². The molecule has 0 heterocycles. The van der Waals surface area contributed by atoms with Crippen molar-refractivity contribution in [3.63, 3.8) is 0 Å². The molecule has 0 saturated carbocycles. The van der Waals surface area contributed by atoms with E-state index in [1.54, 1.807) is 11.8 Å². The fourth-order valence-electron chi connectivity index (χ4n) is 2.90. The minimum absolute atomic E-state index is 0.346. The maximum atomic E-state index is 10.7. The Morgan fingerprint density at radius 3 is 2.03 bits per heavy atom. The molecule has 154 valence electrons. The fourth-order valence-corrected chi connectivity index (χ4v) is 4.01. The number of thioether (sulfide) groups is 1. The van der Waals surface area contributed by atoms with Gasteiger partial charge in [-0.05, 0) is 71.7 Å². The van der Waals surface area contributed by atoms with Gasteiger partial charge in [-0.1, -0.05) is 53.5 Å². The van der Waals surface area contributed by atoms with Crippen molar-refractivity contribution in [1.29, 1.82) is 0 Å². The first-order chi connectivity index (χ1) is 14.4. The number of aliphatic carboxylic acids is 1. The largest absolute Gasteiger partial charge is 0.482 e. The Morgan fingerprint density at radius 1 is 0.967 bits per heavy atom. The maximum Gasteiger partial charge on any atom is 0.341 e. The van der Waals surface area contributed by atoms with Crippen LogP contribution in [0.5, 0.6) is 5.75 Å². The lowest BCUT2D eigenvalue weighted by Crippen LogP contribution is -2.09. The SMILES string of the molecule is Cc1cc(SCC=C(c2ccc(Cl)cc2)c2ccc(Cl)cc2)ccc1OCC(=O)O. The van der Waals surface area contributed by atoms with Crippen LogP contribution in [0.3, 0.4) is 0 Å². The summed E-state index contributed by atoms with van der Waals surface area (Å²) in [6.07, 6.45) is 2.18. The topological polar surface area (TPSA) is 46.5 Å². The van der Waals surface area contributed by atoms with Crippen LogP contribution in [0, 0.1) is 6.92 Å². The molecule has 0 saturated heterocycles. The van der Waals surface area contributed by atoms with Crippen LogP contribution in [-0.4, -0.2) is 23.4 Å². The summed E-state index contributed by atoms with van der Waals surface area (Å²) < 4.78 is 5.29. The van der Waals surface area contributed by atoms with Crippen molar-refractivity contribution in [3.8, 4) is 5.75 Å². The van der Waals surface area contributed by atoms with Crippen LogP contribution in [0.15, 0.2) is 77.7 Å². The van der Waals surface area contributed by atoms with Gasteiger partial charge in [0.2, 0.25) is 0 Å². The molecule has 0 aromatic heterocycles. The third-order valence-corrected chi connectivity index (χ3v) is 5.77. The van der Waals surface area contributed by atoms with E-state index in [1.165, 1.54) is 0 Å². The second kappa shape index (κ2) is 10.6. The van der Waals surface area contributed by atoms with Gasteiger partial charge in [0.05, 0.1) is 0 Å². The third kappa shape index (κ3) is 6.30. The summed E-state index contributed by atoms with van der Waals surface area (Å²) in [4.78, 5) is 11.8. The summed E-state index contributed by atoms with van der Waals surface area (Å²) in [6.45, 7) is 1.56. The molecule has 1 N–H and O–H groups in total. The number of hydrogen-bond acceptors (Lipinski definition) is 3. The van der Waals surface area contributed by atoms with E-state index in [-0.39, 0.29) is 6.61 Å². The lowest BCUT2D eigenvalue weighted by Gasteiger charge is -2.11. The molecule has 0 fully saturated rings. The average Bonchev–Trinajstić information content (AvgIpc) is 2.72. The van der Waals surface area contributed by atoms with E-state index in [1.807, 2.05) is 73.7 Å². The number of hydrogen-bond donors (Lipinski definition) is 1. The molecule has 30 heavy (non-hydrogen) atoms. The standard InChI is InChI=1S/C24H20Cl2O3S/c1-16-14-21(10-11-23(16)29-15-24(27)28)30-13-12-22(17-2-6-19(25)7-3-17)18-4-8-20(26)9-5-18/h2-12,14H,13,15H2,1H3,(H,27,28). The quantitative estimate of drug-likeness (QED) is 0.369. The Bertz CT molecular complexity index is 998. The Labute approximate surface area is 190 Å². The van der Waals surface area contributed by atoms with Crippen LogP contribution in [-0.2, 0) is 4.79 Å². The molecule has 3 nitrogen and oxygen atoms in total. The highest BCUT2D eigenvalue weighted by Gasteiger charge is 2.07. The highest BCUT2D eigenvalue weighted by atomic mass is 35.5. The first-order valence-corrected chi connectivity index (χ1v) is 11.0. The first kappa shape index (κ1) is 22.3. The number of carboxylic acids is 1. The second-order valence-corrected chi connectivity index (χ2v) is 8.52. The number of rotatable bonds is 8. The van der Waals surface area contributed by atoms with Gasteiger partial charge in [0, 0.05) is 20.7 Å². The molecule has 0 aliphatic carbocycles. The highest BCUT2D eigenvalue weighted by molar-refractivity contribution is 7.99. The van der Waals surface area contributed by atoms with Gasteiger partial charge < -0.3 is 9.84 Å². The van der Waals surface area contributed by atoms with Crippen molar-refractivity contribution in [2.45, 2.75) is 11.8 Å². The van der Waals surface area contributed by atoms with E-state index in [4.69, 9.17) is 33.0 Å². The summed E-state index contributed by atoms with van der Waals surface area (Å²) in [5, 5.41) is 10.2. The first-order valence-electron chi connectivity index (χ1n) is 9.22. The van der Waals surface area contributed by atoms with Crippen molar-refractivity contribution < 1.29 is 14.6 Å². The molecule has 0 spiro atoms. The number of carbonyl (C=O) groups is 1. The zero-order valence-corrected chi connectivity index (χ0v) is 18.6. The smallest absolute Gasteiger partial charge is 0.341 e. The van der Waals surface area contributed by atoms with Crippen LogP contribution in [0.4, 0.5) is 0 Å². The van der Waals surface area contributed by atoms with Crippen LogP contribution in [0.2, 0.25) is 10.0 Å². The number of aryl methyl sites for hydroxylation is 1. The van der Waals surface area contributed by atoms with Crippen molar-refractivity contribution in [2.24, 2.45) is 0 Å². The number of ether oxygens (including phenoxy) is 1. The lowest BCUT2D eigenvalue weighted by molar-refractivity contribution is -0.139. The molecule has 0 unspecified atom stereocenters. The summed E-state index contributed by atoms with van der Waals surface area (Å²) in [6, 6.07) is 21.3. The zero-order chi connectivity index (χ0) is 21.5. The summed E-state index contributed by atoms with van der Waals surface area (Å²) in [5.74, 6) is 0.352. The van der Waals surface area contributed by atoms with E-state index < -0.39 is 5.97 Å². The number of halogens is 2. The maximum absolute atomic E-state index is 10.7. The van der Waals surface area contributed by atoms with Gasteiger partial charge in [-0.2, -0.15) is 0 Å². The van der Waals surface area contributed by atoms with Crippen molar-refractivity contribution >= 4 is 46.5 Å². The van der Waals surface area contributed by atoms with Gasteiger partial charge in [0.1, 0.15) is 5.75 Å². The molecule has 0 radical (unpaired) electrons. The van der Waals surface area contributed by atoms with Crippen molar-refractivity contribution in [2.75, 3.05) is 12.4 Å². The molecule has 6 heteroatoms. The molecule has 0 aliphatic heterocycles.